The van der Waals surface area contributed by atoms with Crippen LogP contribution >= 0.6 is 11.6 Å². The summed E-state index contributed by atoms with van der Waals surface area (Å²) >= 11 is 6.27. The molecule has 0 spiro atoms. The Morgan fingerprint density at radius 1 is 1.56 bits per heavy atom. The molecule has 4 heteroatoms. The zero-order chi connectivity index (χ0) is 13.1. The fraction of sp³-hybridized carbons (Fsp3) is 0.500. The summed E-state index contributed by atoms with van der Waals surface area (Å²) in [6.07, 6.45) is 1.99. The number of carbonyl (C=O) groups is 1. The van der Waals surface area contributed by atoms with E-state index in [0.717, 1.165) is 24.9 Å². The third-order valence-electron chi connectivity index (χ3n) is 3.37. The van der Waals surface area contributed by atoms with Crippen molar-refractivity contribution in [1.82, 2.24) is 0 Å². The van der Waals surface area contributed by atoms with Gasteiger partial charge in [-0.1, -0.05) is 24.6 Å². The molecular formula is C14H18ClNO2. The molecule has 1 aliphatic heterocycles. The van der Waals surface area contributed by atoms with Crippen molar-refractivity contribution < 1.29 is 9.53 Å². The van der Waals surface area contributed by atoms with Gasteiger partial charge in [0.2, 0.25) is 0 Å². The van der Waals surface area contributed by atoms with Gasteiger partial charge in [0, 0.05) is 12.1 Å². The van der Waals surface area contributed by atoms with E-state index in [-0.39, 0.29) is 12.1 Å². The number of rotatable bonds is 3. The van der Waals surface area contributed by atoms with E-state index in [1.165, 1.54) is 0 Å². The second-order valence-corrected chi connectivity index (χ2v) is 5.06. The molecule has 0 saturated carbocycles. The molecule has 0 amide bonds. The zero-order valence-electron chi connectivity index (χ0n) is 10.7. The monoisotopic (exact) mass is 267 g/mol. The predicted molar refractivity (Wildman–Crippen MR) is 73.7 cm³/mol. The molecule has 2 rings (SSSR count). The number of ether oxygens (including phenoxy) is 1. The van der Waals surface area contributed by atoms with Crippen molar-refractivity contribution in [2.75, 3.05) is 18.1 Å². The Morgan fingerprint density at radius 3 is 3.00 bits per heavy atom. The summed E-state index contributed by atoms with van der Waals surface area (Å²) in [4.78, 5) is 13.4. The number of nitrogens with zero attached hydrogens (tertiary/aromatic N) is 1. The number of anilines is 1. The molecule has 0 N–H and O–H groups in total. The van der Waals surface area contributed by atoms with Crippen LogP contribution in [0.15, 0.2) is 18.2 Å². The first-order valence-corrected chi connectivity index (χ1v) is 6.67. The minimum absolute atomic E-state index is 0.156. The highest BCUT2D eigenvalue weighted by molar-refractivity contribution is 6.34. The highest BCUT2D eigenvalue weighted by atomic mass is 35.5. The zero-order valence-corrected chi connectivity index (χ0v) is 11.5. The fourth-order valence-electron chi connectivity index (χ4n) is 2.39. The summed E-state index contributed by atoms with van der Waals surface area (Å²) in [5, 5.41) is 0.632. The van der Waals surface area contributed by atoms with Gasteiger partial charge in [0.05, 0.1) is 29.5 Å². The molecular weight excluding hydrogens is 250 g/mol. The maximum Gasteiger partial charge on any atom is 0.152 e. The molecule has 0 aliphatic carbocycles. The van der Waals surface area contributed by atoms with Crippen LogP contribution in [0.5, 0.6) is 0 Å². The molecule has 0 aromatic heterocycles. The molecule has 1 aliphatic rings. The van der Waals surface area contributed by atoms with E-state index in [1.807, 2.05) is 13.0 Å². The maximum absolute atomic E-state index is 11.2. The Morgan fingerprint density at radius 2 is 2.33 bits per heavy atom. The summed E-state index contributed by atoms with van der Waals surface area (Å²) in [6.45, 7) is 5.61. The number of para-hydroxylation sites is 1. The molecule has 2 atom stereocenters. The van der Waals surface area contributed by atoms with Crippen molar-refractivity contribution in [3.8, 4) is 0 Å². The number of benzene rings is 1. The van der Waals surface area contributed by atoms with Crippen LogP contribution < -0.4 is 4.90 Å². The van der Waals surface area contributed by atoms with Crippen LogP contribution in [-0.2, 0) is 4.74 Å². The smallest absolute Gasteiger partial charge is 0.152 e. The second-order valence-electron chi connectivity index (χ2n) is 4.65. The third kappa shape index (κ3) is 2.52. The van der Waals surface area contributed by atoms with Crippen molar-refractivity contribution in [3.05, 3.63) is 28.8 Å². The van der Waals surface area contributed by atoms with Crippen LogP contribution in [0.4, 0.5) is 5.69 Å². The van der Waals surface area contributed by atoms with Gasteiger partial charge in [-0.3, -0.25) is 4.79 Å². The summed E-state index contributed by atoms with van der Waals surface area (Å²) in [7, 11) is 0. The Kier molecular flexibility index (Phi) is 4.25. The van der Waals surface area contributed by atoms with Gasteiger partial charge >= 0.3 is 0 Å². The molecule has 1 aromatic rings. The lowest BCUT2D eigenvalue weighted by Gasteiger charge is -2.40. The van der Waals surface area contributed by atoms with Gasteiger partial charge in [-0.2, -0.15) is 0 Å². The second kappa shape index (κ2) is 5.72. The Balaban J connectivity index is 2.41. The van der Waals surface area contributed by atoms with Gasteiger partial charge in [-0.05, 0) is 25.5 Å². The van der Waals surface area contributed by atoms with E-state index in [1.54, 1.807) is 12.1 Å². The van der Waals surface area contributed by atoms with Gasteiger partial charge in [0.1, 0.15) is 0 Å². The molecule has 2 unspecified atom stereocenters. The number of morpholine rings is 1. The molecule has 3 nitrogen and oxygen atoms in total. The van der Waals surface area contributed by atoms with Crippen LogP contribution in [-0.4, -0.2) is 31.6 Å². The molecule has 18 heavy (non-hydrogen) atoms. The third-order valence-corrected chi connectivity index (χ3v) is 3.68. The summed E-state index contributed by atoms with van der Waals surface area (Å²) < 4.78 is 5.67. The molecule has 98 valence electrons. The highest BCUT2D eigenvalue weighted by Gasteiger charge is 2.28. The quantitative estimate of drug-likeness (QED) is 0.788. The molecule has 0 bridgehead atoms. The SMILES string of the molecule is CCC1COC(C)CN1c1c(Cl)cccc1C=O. The Labute approximate surface area is 113 Å². The number of hydrogen-bond donors (Lipinski definition) is 0. The molecule has 0 radical (unpaired) electrons. The first kappa shape index (κ1) is 13.4. The minimum atomic E-state index is 0.156. The van der Waals surface area contributed by atoms with Gasteiger partial charge in [0.15, 0.2) is 6.29 Å². The summed E-state index contributed by atoms with van der Waals surface area (Å²) in [6, 6.07) is 5.72. The fourth-order valence-corrected chi connectivity index (χ4v) is 2.68. The van der Waals surface area contributed by atoms with Crippen LogP contribution in [0, 0.1) is 0 Å². The largest absolute Gasteiger partial charge is 0.375 e. The number of hydrogen-bond acceptors (Lipinski definition) is 3. The van der Waals surface area contributed by atoms with Crippen molar-refractivity contribution in [2.24, 2.45) is 0 Å². The number of carbonyl (C=O) groups excluding carboxylic acids is 1. The van der Waals surface area contributed by atoms with E-state index in [4.69, 9.17) is 16.3 Å². The van der Waals surface area contributed by atoms with Crippen molar-refractivity contribution in [1.29, 1.82) is 0 Å². The van der Waals surface area contributed by atoms with Gasteiger partial charge in [0.25, 0.3) is 0 Å². The highest BCUT2D eigenvalue weighted by Crippen LogP contribution is 2.33. The first-order valence-electron chi connectivity index (χ1n) is 6.29. The van der Waals surface area contributed by atoms with E-state index in [9.17, 15) is 4.79 Å². The molecule has 1 fully saturated rings. The van der Waals surface area contributed by atoms with Crippen molar-refractivity contribution in [2.45, 2.75) is 32.4 Å². The lowest BCUT2D eigenvalue weighted by molar-refractivity contribution is 0.0299. The van der Waals surface area contributed by atoms with Crippen molar-refractivity contribution in [3.63, 3.8) is 0 Å². The van der Waals surface area contributed by atoms with E-state index in [0.29, 0.717) is 17.2 Å². The van der Waals surface area contributed by atoms with Gasteiger partial charge < -0.3 is 9.64 Å². The van der Waals surface area contributed by atoms with Crippen LogP contribution in [0.1, 0.15) is 30.6 Å². The molecule has 1 saturated heterocycles. The molecule has 1 aromatic carbocycles. The average molecular weight is 268 g/mol. The van der Waals surface area contributed by atoms with Crippen LogP contribution in [0.3, 0.4) is 0 Å². The molecule has 1 heterocycles. The topological polar surface area (TPSA) is 29.5 Å². The lowest BCUT2D eigenvalue weighted by Crippen LogP contribution is -2.49. The summed E-state index contributed by atoms with van der Waals surface area (Å²) in [5.74, 6) is 0. The number of aldehydes is 1. The normalized spacial score (nSPS) is 24.1. The van der Waals surface area contributed by atoms with E-state index >= 15 is 0 Å². The van der Waals surface area contributed by atoms with Crippen LogP contribution in [0.2, 0.25) is 5.02 Å². The predicted octanol–water partition coefficient (Wildman–Crippen LogP) is 3.16. The average Bonchev–Trinajstić information content (AvgIpc) is 2.38. The van der Waals surface area contributed by atoms with Crippen LogP contribution in [0.25, 0.3) is 0 Å². The van der Waals surface area contributed by atoms with E-state index < -0.39 is 0 Å². The Bertz CT molecular complexity index is 436. The van der Waals surface area contributed by atoms with Crippen molar-refractivity contribution >= 4 is 23.6 Å². The number of halogens is 1. The van der Waals surface area contributed by atoms with Gasteiger partial charge in [-0.15, -0.1) is 0 Å². The lowest BCUT2D eigenvalue weighted by atomic mass is 10.1. The van der Waals surface area contributed by atoms with E-state index in [2.05, 4.69) is 11.8 Å². The van der Waals surface area contributed by atoms with Gasteiger partial charge in [-0.25, -0.2) is 0 Å². The summed E-state index contributed by atoms with van der Waals surface area (Å²) in [5.41, 5.74) is 1.49. The minimum Gasteiger partial charge on any atom is -0.375 e. The Hall–Kier alpha value is -1.06. The first-order chi connectivity index (χ1) is 8.67. The standard InChI is InChI=1S/C14H18ClNO2/c1-3-12-9-18-10(2)7-16(12)14-11(8-17)5-4-6-13(14)15/h4-6,8,10,12H,3,7,9H2,1-2H3. The maximum atomic E-state index is 11.2.